The van der Waals surface area contributed by atoms with Gasteiger partial charge in [-0.3, -0.25) is 0 Å². The van der Waals surface area contributed by atoms with Crippen molar-refractivity contribution >= 4 is 34.0 Å². The second-order valence-corrected chi connectivity index (χ2v) is 5.81. The second kappa shape index (κ2) is 5.47. The van der Waals surface area contributed by atoms with Gasteiger partial charge in [-0.05, 0) is 46.5 Å². The zero-order valence-corrected chi connectivity index (χ0v) is 12.6. The van der Waals surface area contributed by atoms with Gasteiger partial charge < -0.3 is 0 Å². The molecule has 0 nitrogen and oxygen atoms in total. The van der Waals surface area contributed by atoms with E-state index < -0.39 is 0 Å². The lowest BCUT2D eigenvalue weighted by Gasteiger charge is -2.15. The minimum atomic E-state index is -0.195. The van der Waals surface area contributed by atoms with Crippen LogP contribution in [0.1, 0.15) is 22.1 Å². The van der Waals surface area contributed by atoms with Gasteiger partial charge in [-0.1, -0.05) is 60.1 Å². The third-order valence-corrected chi connectivity index (χ3v) is 4.31. The average Bonchev–Trinajstić information content (AvgIpc) is 2.47. The van der Waals surface area contributed by atoms with Crippen LogP contribution in [0.4, 0.5) is 0 Å². The van der Waals surface area contributed by atoms with Gasteiger partial charge in [-0.2, -0.15) is 0 Å². The summed E-state index contributed by atoms with van der Waals surface area (Å²) in [5, 5.41) is 2.97. The standard InChI is InChI=1S/C18H14Cl2/c1-12-9-10-17(16-8-3-2-7-15(12)16)18(20)13-5-4-6-14(19)11-13/h2-11,18H,1H3. The molecule has 2 heteroatoms. The first-order valence-corrected chi connectivity index (χ1v) is 7.36. The molecule has 100 valence electrons. The van der Waals surface area contributed by atoms with Crippen LogP contribution in [-0.4, -0.2) is 0 Å². The summed E-state index contributed by atoms with van der Waals surface area (Å²) >= 11 is 12.7. The molecule has 0 heterocycles. The van der Waals surface area contributed by atoms with Gasteiger partial charge in [0.1, 0.15) is 0 Å². The van der Waals surface area contributed by atoms with Crippen molar-refractivity contribution in [1.29, 1.82) is 0 Å². The summed E-state index contributed by atoms with van der Waals surface area (Å²) in [6.45, 7) is 2.12. The molecular formula is C18H14Cl2. The first-order valence-electron chi connectivity index (χ1n) is 6.54. The van der Waals surface area contributed by atoms with Gasteiger partial charge in [0.15, 0.2) is 0 Å². The minimum Gasteiger partial charge on any atom is -0.113 e. The lowest BCUT2D eigenvalue weighted by atomic mass is 9.95. The molecule has 1 unspecified atom stereocenters. The summed E-state index contributed by atoms with van der Waals surface area (Å²) in [7, 11) is 0. The summed E-state index contributed by atoms with van der Waals surface area (Å²) < 4.78 is 0. The van der Waals surface area contributed by atoms with E-state index >= 15 is 0 Å². The first-order chi connectivity index (χ1) is 9.66. The maximum Gasteiger partial charge on any atom is 0.0841 e. The van der Waals surface area contributed by atoms with Crippen LogP contribution in [0.5, 0.6) is 0 Å². The van der Waals surface area contributed by atoms with E-state index in [0.29, 0.717) is 5.02 Å². The largest absolute Gasteiger partial charge is 0.113 e. The predicted molar refractivity (Wildman–Crippen MR) is 87.8 cm³/mol. The molecule has 0 bridgehead atoms. The molecule has 0 radical (unpaired) electrons. The fourth-order valence-corrected chi connectivity index (χ4v) is 3.06. The van der Waals surface area contributed by atoms with E-state index in [4.69, 9.17) is 23.2 Å². The number of alkyl halides is 1. The Bertz CT molecular complexity index is 762. The smallest absolute Gasteiger partial charge is 0.0841 e. The van der Waals surface area contributed by atoms with E-state index in [1.807, 2.05) is 30.3 Å². The Labute approximate surface area is 129 Å². The molecule has 0 spiro atoms. The summed E-state index contributed by atoms with van der Waals surface area (Å²) in [6, 6.07) is 20.3. The number of rotatable bonds is 2. The van der Waals surface area contributed by atoms with Gasteiger partial charge in [0.2, 0.25) is 0 Å². The van der Waals surface area contributed by atoms with Crippen molar-refractivity contribution in [2.24, 2.45) is 0 Å². The first kappa shape index (κ1) is 13.5. The van der Waals surface area contributed by atoms with Crippen molar-refractivity contribution in [2.45, 2.75) is 12.3 Å². The molecule has 3 aromatic rings. The maximum atomic E-state index is 6.68. The highest BCUT2D eigenvalue weighted by atomic mass is 35.5. The van der Waals surface area contributed by atoms with Crippen LogP contribution in [0.3, 0.4) is 0 Å². The highest BCUT2D eigenvalue weighted by Gasteiger charge is 2.14. The Kier molecular flexibility index (Phi) is 3.69. The van der Waals surface area contributed by atoms with Crippen LogP contribution in [0.25, 0.3) is 10.8 Å². The van der Waals surface area contributed by atoms with E-state index in [-0.39, 0.29) is 5.38 Å². The number of fused-ring (bicyclic) bond motifs is 1. The van der Waals surface area contributed by atoms with Gasteiger partial charge in [0, 0.05) is 5.02 Å². The Morgan fingerprint density at radius 2 is 1.60 bits per heavy atom. The molecule has 20 heavy (non-hydrogen) atoms. The molecule has 0 saturated carbocycles. The number of benzene rings is 3. The van der Waals surface area contributed by atoms with Gasteiger partial charge in [0.25, 0.3) is 0 Å². The van der Waals surface area contributed by atoms with Crippen molar-refractivity contribution in [1.82, 2.24) is 0 Å². The van der Waals surface area contributed by atoms with Crippen molar-refractivity contribution < 1.29 is 0 Å². The SMILES string of the molecule is Cc1ccc(C(Cl)c2cccc(Cl)c2)c2ccccc12. The number of aryl methyl sites for hydroxylation is 1. The molecular weight excluding hydrogens is 287 g/mol. The molecule has 0 N–H and O–H groups in total. The van der Waals surface area contributed by atoms with Crippen molar-refractivity contribution in [3.8, 4) is 0 Å². The van der Waals surface area contributed by atoms with Crippen LogP contribution >= 0.6 is 23.2 Å². The molecule has 0 aliphatic rings. The Morgan fingerprint density at radius 1 is 0.850 bits per heavy atom. The lowest BCUT2D eigenvalue weighted by Crippen LogP contribution is -1.95. The zero-order valence-electron chi connectivity index (χ0n) is 11.1. The predicted octanol–water partition coefficient (Wildman–Crippen LogP) is 6.13. The van der Waals surface area contributed by atoms with Crippen molar-refractivity contribution in [2.75, 3.05) is 0 Å². The maximum absolute atomic E-state index is 6.68. The Balaban J connectivity index is 2.17. The van der Waals surface area contributed by atoms with Crippen LogP contribution in [0.2, 0.25) is 5.02 Å². The highest BCUT2D eigenvalue weighted by Crippen LogP contribution is 2.35. The molecule has 0 fully saturated rings. The normalized spacial score (nSPS) is 12.6. The molecule has 0 aromatic heterocycles. The average molecular weight is 301 g/mol. The van der Waals surface area contributed by atoms with Crippen molar-refractivity contribution in [3.63, 3.8) is 0 Å². The molecule has 0 saturated heterocycles. The molecule has 0 aliphatic heterocycles. The summed E-state index contributed by atoms with van der Waals surface area (Å²) in [6.07, 6.45) is 0. The third-order valence-electron chi connectivity index (χ3n) is 3.59. The minimum absolute atomic E-state index is 0.195. The zero-order chi connectivity index (χ0) is 14.1. The summed E-state index contributed by atoms with van der Waals surface area (Å²) in [4.78, 5) is 0. The van der Waals surface area contributed by atoms with Crippen LogP contribution in [-0.2, 0) is 0 Å². The summed E-state index contributed by atoms with van der Waals surface area (Å²) in [5.74, 6) is 0. The lowest BCUT2D eigenvalue weighted by molar-refractivity contribution is 1.16. The van der Waals surface area contributed by atoms with E-state index in [1.165, 1.54) is 16.3 Å². The van der Waals surface area contributed by atoms with Gasteiger partial charge in [-0.15, -0.1) is 11.6 Å². The fraction of sp³-hybridized carbons (Fsp3) is 0.111. The summed E-state index contributed by atoms with van der Waals surface area (Å²) in [5.41, 5.74) is 3.41. The fourth-order valence-electron chi connectivity index (χ4n) is 2.54. The van der Waals surface area contributed by atoms with E-state index in [1.54, 1.807) is 0 Å². The third kappa shape index (κ3) is 2.42. The number of halogens is 2. The van der Waals surface area contributed by atoms with E-state index in [2.05, 4.69) is 37.3 Å². The molecule has 0 amide bonds. The highest BCUT2D eigenvalue weighted by molar-refractivity contribution is 6.31. The van der Waals surface area contributed by atoms with Crippen LogP contribution < -0.4 is 0 Å². The molecule has 0 aliphatic carbocycles. The second-order valence-electron chi connectivity index (χ2n) is 4.93. The topological polar surface area (TPSA) is 0 Å². The molecule has 3 aromatic carbocycles. The van der Waals surface area contributed by atoms with E-state index in [0.717, 1.165) is 11.1 Å². The Hall–Kier alpha value is -1.50. The van der Waals surface area contributed by atoms with E-state index in [9.17, 15) is 0 Å². The van der Waals surface area contributed by atoms with Crippen molar-refractivity contribution in [3.05, 3.63) is 82.4 Å². The Morgan fingerprint density at radius 3 is 2.35 bits per heavy atom. The molecule has 3 rings (SSSR count). The number of hydrogen-bond donors (Lipinski definition) is 0. The van der Waals surface area contributed by atoms with Crippen LogP contribution in [0, 0.1) is 6.92 Å². The quantitative estimate of drug-likeness (QED) is 0.499. The molecule has 1 atom stereocenters. The number of hydrogen-bond acceptors (Lipinski definition) is 0. The van der Waals surface area contributed by atoms with Gasteiger partial charge in [-0.25, -0.2) is 0 Å². The monoisotopic (exact) mass is 300 g/mol. The van der Waals surface area contributed by atoms with Gasteiger partial charge >= 0.3 is 0 Å². The van der Waals surface area contributed by atoms with Gasteiger partial charge in [0.05, 0.1) is 5.38 Å². The van der Waals surface area contributed by atoms with Crippen LogP contribution in [0.15, 0.2) is 60.7 Å².